The first-order chi connectivity index (χ1) is 18.8. The van der Waals surface area contributed by atoms with Crippen LogP contribution in [0.1, 0.15) is 104 Å². The van der Waals surface area contributed by atoms with E-state index in [1.54, 1.807) is 0 Å². The average Bonchev–Trinajstić information content (AvgIpc) is 2.91. The molecule has 0 fully saturated rings. The van der Waals surface area contributed by atoms with Gasteiger partial charge in [-0.1, -0.05) is 82.4 Å². The maximum atomic E-state index is 12.3. The van der Waals surface area contributed by atoms with Crippen LogP contribution in [0.4, 0.5) is 0 Å². The summed E-state index contributed by atoms with van der Waals surface area (Å²) >= 11 is 0. The van der Waals surface area contributed by atoms with Crippen LogP contribution in [0.3, 0.4) is 0 Å². The van der Waals surface area contributed by atoms with Gasteiger partial charge < -0.3 is 20.1 Å². The molecule has 0 aliphatic heterocycles. The summed E-state index contributed by atoms with van der Waals surface area (Å²) in [5.41, 5.74) is 5.28. The lowest BCUT2D eigenvalue weighted by Crippen LogP contribution is -2.29. The van der Waals surface area contributed by atoms with Crippen molar-refractivity contribution < 1.29 is 37.6 Å². The molecular formula is C29H52NO8P. The highest BCUT2D eigenvalue weighted by Gasteiger charge is 2.25. The van der Waals surface area contributed by atoms with Crippen molar-refractivity contribution in [2.24, 2.45) is 5.73 Å². The van der Waals surface area contributed by atoms with Gasteiger partial charge >= 0.3 is 19.8 Å². The lowest BCUT2D eigenvalue weighted by molar-refractivity contribution is -0.161. The van der Waals surface area contributed by atoms with E-state index in [4.69, 9.17) is 24.3 Å². The second kappa shape index (κ2) is 26.5. The number of hydrogen-bond acceptors (Lipinski definition) is 8. The van der Waals surface area contributed by atoms with E-state index in [2.05, 4.69) is 50.3 Å². The summed E-state index contributed by atoms with van der Waals surface area (Å²) in [5.74, 6) is -0.886. The van der Waals surface area contributed by atoms with E-state index >= 15 is 0 Å². The third-order valence-corrected chi connectivity index (χ3v) is 6.52. The van der Waals surface area contributed by atoms with Crippen LogP contribution in [0.15, 0.2) is 36.5 Å². The molecule has 0 aromatic rings. The molecule has 0 aromatic carbocycles. The summed E-state index contributed by atoms with van der Waals surface area (Å²) in [4.78, 5) is 34.1. The molecule has 0 rings (SSSR count). The zero-order valence-electron chi connectivity index (χ0n) is 24.1. The molecule has 39 heavy (non-hydrogen) atoms. The molecule has 0 aliphatic carbocycles. The van der Waals surface area contributed by atoms with Crippen LogP contribution in [-0.4, -0.2) is 49.3 Å². The molecule has 0 saturated carbocycles. The zero-order chi connectivity index (χ0) is 29.0. The molecule has 0 aliphatic rings. The second-order valence-electron chi connectivity index (χ2n) is 9.24. The number of rotatable bonds is 26. The number of carbonyl (C=O) groups excluding carboxylic acids is 2. The Kier molecular flexibility index (Phi) is 25.3. The Labute approximate surface area is 235 Å². The third kappa shape index (κ3) is 26.2. The summed E-state index contributed by atoms with van der Waals surface area (Å²) in [5, 5.41) is 0. The van der Waals surface area contributed by atoms with E-state index in [1.165, 1.54) is 0 Å². The molecule has 0 amide bonds. The number of phosphoric acid groups is 1. The van der Waals surface area contributed by atoms with Crippen LogP contribution < -0.4 is 5.73 Å². The first-order valence-corrected chi connectivity index (χ1v) is 16.0. The number of phosphoric ester groups is 1. The summed E-state index contributed by atoms with van der Waals surface area (Å²) in [6.45, 7) is 3.43. The van der Waals surface area contributed by atoms with Crippen LogP contribution in [0.25, 0.3) is 0 Å². The van der Waals surface area contributed by atoms with Gasteiger partial charge in [-0.25, -0.2) is 4.57 Å². The van der Waals surface area contributed by atoms with Crippen molar-refractivity contribution in [3.05, 3.63) is 36.5 Å². The Morgan fingerprint density at radius 1 is 0.795 bits per heavy atom. The predicted octanol–water partition coefficient (Wildman–Crippen LogP) is 6.70. The monoisotopic (exact) mass is 573 g/mol. The van der Waals surface area contributed by atoms with Gasteiger partial charge in [0.05, 0.1) is 13.2 Å². The van der Waals surface area contributed by atoms with Gasteiger partial charge in [0.25, 0.3) is 0 Å². The number of hydrogen-bond donors (Lipinski definition) is 2. The Hall–Kier alpha value is -1.77. The third-order valence-electron chi connectivity index (χ3n) is 5.54. The van der Waals surface area contributed by atoms with Gasteiger partial charge in [0.1, 0.15) is 6.61 Å². The SMILES string of the molecule is CC/C=C\C/C=C\C/C=C\CCCCCC(=O)OC(COC(=O)CCCCCCC)COP(=O)(O)OCCN. The minimum atomic E-state index is -4.36. The summed E-state index contributed by atoms with van der Waals surface area (Å²) in [6, 6.07) is 0. The van der Waals surface area contributed by atoms with Crippen molar-refractivity contribution in [1.82, 2.24) is 0 Å². The Morgan fingerprint density at radius 3 is 2.08 bits per heavy atom. The maximum Gasteiger partial charge on any atom is 0.472 e. The molecule has 0 spiro atoms. The van der Waals surface area contributed by atoms with Crippen molar-refractivity contribution in [2.45, 2.75) is 110 Å². The highest BCUT2D eigenvalue weighted by atomic mass is 31.2. The number of carbonyl (C=O) groups is 2. The van der Waals surface area contributed by atoms with Crippen molar-refractivity contribution in [3.8, 4) is 0 Å². The molecule has 0 aromatic heterocycles. The fraction of sp³-hybridized carbons (Fsp3) is 0.724. The Bertz CT molecular complexity index is 754. The standard InChI is InChI=1S/C29H52NO8P/c1-3-5-7-9-10-11-12-13-14-15-16-18-20-22-29(32)38-27(26-37-39(33,34)36-24-23-30)25-35-28(31)21-19-17-8-6-4-2/h5,7,10-11,13-14,27H,3-4,6,8-9,12,15-26,30H2,1-2H3,(H,33,34)/b7-5-,11-10-,14-13-. The molecule has 226 valence electrons. The first-order valence-electron chi connectivity index (χ1n) is 14.5. The summed E-state index contributed by atoms with van der Waals surface area (Å²) < 4.78 is 32.2. The Morgan fingerprint density at radius 2 is 1.41 bits per heavy atom. The van der Waals surface area contributed by atoms with E-state index in [0.717, 1.165) is 70.6 Å². The quantitative estimate of drug-likeness (QED) is 0.0501. The minimum Gasteiger partial charge on any atom is -0.462 e. The highest BCUT2D eigenvalue weighted by Crippen LogP contribution is 2.43. The fourth-order valence-corrected chi connectivity index (χ4v) is 4.17. The number of esters is 2. The molecule has 0 bridgehead atoms. The maximum absolute atomic E-state index is 12.3. The van der Waals surface area contributed by atoms with E-state index in [1.807, 2.05) is 0 Å². The second-order valence-corrected chi connectivity index (χ2v) is 10.7. The summed E-state index contributed by atoms with van der Waals surface area (Å²) in [7, 11) is -4.36. The molecule has 0 saturated heterocycles. The molecule has 2 unspecified atom stereocenters. The van der Waals surface area contributed by atoms with Gasteiger partial charge in [0.15, 0.2) is 6.10 Å². The number of allylic oxidation sites excluding steroid dienone is 6. The molecule has 0 heterocycles. The average molecular weight is 574 g/mol. The van der Waals surface area contributed by atoms with E-state index in [-0.39, 0.29) is 32.6 Å². The lowest BCUT2D eigenvalue weighted by Gasteiger charge is -2.19. The van der Waals surface area contributed by atoms with Gasteiger partial charge in [-0.15, -0.1) is 0 Å². The van der Waals surface area contributed by atoms with E-state index in [9.17, 15) is 19.0 Å². The van der Waals surface area contributed by atoms with Crippen LogP contribution in [0, 0.1) is 0 Å². The smallest absolute Gasteiger partial charge is 0.462 e. The van der Waals surface area contributed by atoms with Crippen molar-refractivity contribution in [3.63, 3.8) is 0 Å². The molecule has 10 heteroatoms. The molecule has 3 N–H and O–H groups in total. The molecular weight excluding hydrogens is 521 g/mol. The normalized spacial score (nSPS) is 14.3. The predicted molar refractivity (Wildman–Crippen MR) is 155 cm³/mol. The van der Waals surface area contributed by atoms with Gasteiger partial charge in [-0.3, -0.25) is 18.6 Å². The lowest BCUT2D eigenvalue weighted by atomic mass is 10.1. The molecule has 2 atom stereocenters. The van der Waals surface area contributed by atoms with Gasteiger partial charge in [-0.2, -0.15) is 0 Å². The van der Waals surface area contributed by atoms with Crippen LogP contribution in [-0.2, 0) is 32.7 Å². The fourth-order valence-electron chi connectivity index (χ4n) is 3.41. The van der Waals surface area contributed by atoms with E-state index in [0.29, 0.717) is 6.42 Å². The number of nitrogens with two attached hydrogens (primary N) is 1. The van der Waals surface area contributed by atoms with Gasteiger partial charge in [0, 0.05) is 19.4 Å². The number of ether oxygens (including phenoxy) is 2. The van der Waals surface area contributed by atoms with Gasteiger partial charge in [0.2, 0.25) is 0 Å². The molecule has 9 nitrogen and oxygen atoms in total. The topological polar surface area (TPSA) is 134 Å². The highest BCUT2D eigenvalue weighted by molar-refractivity contribution is 7.47. The zero-order valence-corrected chi connectivity index (χ0v) is 25.0. The summed E-state index contributed by atoms with van der Waals surface area (Å²) in [6.07, 6.45) is 23.7. The molecule has 0 radical (unpaired) electrons. The van der Waals surface area contributed by atoms with Crippen LogP contribution >= 0.6 is 7.82 Å². The number of unbranched alkanes of at least 4 members (excludes halogenated alkanes) is 7. The van der Waals surface area contributed by atoms with E-state index < -0.39 is 32.5 Å². The minimum absolute atomic E-state index is 0.0476. The largest absolute Gasteiger partial charge is 0.472 e. The van der Waals surface area contributed by atoms with Crippen LogP contribution in [0.2, 0.25) is 0 Å². The van der Waals surface area contributed by atoms with Crippen molar-refractivity contribution in [1.29, 1.82) is 0 Å². The van der Waals surface area contributed by atoms with Crippen LogP contribution in [0.5, 0.6) is 0 Å². The van der Waals surface area contributed by atoms with Crippen molar-refractivity contribution >= 4 is 19.8 Å². The first kappa shape index (κ1) is 37.2. The van der Waals surface area contributed by atoms with Crippen molar-refractivity contribution in [2.75, 3.05) is 26.4 Å². The Balaban J connectivity index is 4.39. The van der Waals surface area contributed by atoms with Gasteiger partial charge in [-0.05, 0) is 44.9 Å².